The van der Waals surface area contributed by atoms with Crippen LogP contribution in [0, 0.1) is 0 Å². The lowest BCUT2D eigenvalue weighted by molar-refractivity contribution is 0.483. The second-order valence-corrected chi connectivity index (χ2v) is 4.20. The molecule has 7 heteroatoms. The van der Waals surface area contributed by atoms with Gasteiger partial charge in [0.05, 0.1) is 10.0 Å². The molecule has 3 N–H and O–H groups in total. The highest BCUT2D eigenvalue weighted by atomic mass is 35.5. The van der Waals surface area contributed by atoms with Crippen LogP contribution in [0.15, 0.2) is 23.1 Å². The van der Waals surface area contributed by atoms with Gasteiger partial charge in [0.25, 0.3) is 10.1 Å². The Balaban J connectivity index is 0.00000144. The van der Waals surface area contributed by atoms with Gasteiger partial charge in [0.15, 0.2) is 0 Å². The Kier molecular flexibility index (Phi) is 4.15. The van der Waals surface area contributed by atoms with Crippen molar-refractivity contribution in [1.82, 2.24) is 0 Å². The highest BCUT2D eigenvalue weighted by molar-refractivity contribution is 7.86. The van der Waals surface area contributed by atoms with Crippen molar-refractivity contribution in [2.45, 2.75) is 4.90 Å². The summed E-state index contributed by atoms with van der Waals surface area (Å²) in [5.41, 5.74) is 0. The van der Waals surface area contributed by atoms with E-state index in [2.05, 4.69) is 0 Å². The van der Waals surface area contributed by atoms with Crippen molar-refractivity contribution in [2.75, 3.05) is 0 Å². The average Bonchev–Trinajstić information content (AvgIpc) is 1.82. The van der Waals surface area contributed by atoms with E-state index in [-0.39, 0.29) is 15.5 Å². The molecule has 0 bridgehead atoms. The van der Waals surface area contributed by atoms with E-state index in [9.17, 15) is 8.42 Å². The summed E-state index contributed by atoms with van der Waals surface area (Å²) < 4.78 is 30.0. The van der Waals surface area contributed by atoms with Crippen LogP contribution in [0.2, 0.25) is 10.0 Å². The van der Waals surface area contributed by atoms with E-state index in [0.29, 0.717) is 0 Å². The maximum atomic E-state index is 10.7. The van der Waals surface area contributed by atoms with Crippen LogP contribution in [0.5, 0.6) is 0 Å². The summed E-state index contributed by atoms with van der Waals surface area (Å²) in [6.07, 6.45) is 0. The Morgan fingerprint density at radius 1 is 1.15 bits per heavy atom. The molecular formula is C6H6Cl2O4S. The number of benzene rings is 1. The van der Waals surface area contributed by atoms with Crippen molar-refractivity contribution in [3.05, 3.63) is 28.2 Å². The molecule has 0 radical (unpaired) electrons. The van der Waals surface area contributed by atoms with Crippen molar-refractivity contribution in [3.8, 4) is 0 Å². The summed E-state index contributed by atoms with van der Waals surface area (Å²) >= 11 is 11.0. The molecule has 0 aliphatic heterocycles. The topological polar surface area (TPSA) is 85.9 Å². The summed E-state index contributed by atoms with van der Waals surface area (Å²) in [5, 5.41) is -0.185. The monoisotopic (exact) mass is 244 g/mol. The fourth-order valence-corrected chi connectivity index (χ4v) is 2.34. The van der Waals surface area contributed by atoms with E-state index in [0.717, 1.165) is 0 Å². The largest absolute Gasteiger partial charge is 0.412 e. The van der Waals surface area contributed by atoms with Crippen molar-refractivity contribution < 1.29 is 18.4 Å². The molecule has 0 fully saturated rings. The zero-order chi connectivity index (χ0) is 9.35. The Labute approximate surface area is 85.1 Å². The number of halogens is 2. The van der Waals surface area contributed by atoms with Crippen LogP contribution in [0.3, 0.4) is 0 Å². The Morgan fingerprint density at radius 2 is 1.54 bits per heavy atom. The Bertz CT molecular complexity index is 381. The van der Waals surface area contributed by atoms with Gasteiger partial charge in [-0.1, -0.05) is 29.3 Å². The van der Waals surface area contributed by atoms with Gasteiger partial charge in [0.2, 0.25) is 0 Å². The van der Waals surface area contributed by atoms with E-state index >= 15 is 0 Å². The molecule has 0 aliphatic rings. The minimum absolute atomic E-state index is 0. The molecule has 0 spiro atoms. The lowest BCUT2D eigenvalue weighted by atomic mass is 10.4. The molecular weight excluding hydrogens is 239 g/mol. The molecule has 0 aromatic heterocycles. The van der Waals surface area contributed by atoms with Gasteiger partial charge in [-0.2, -0.15) is 8.42 Å². The zero-order valence-corrected chi connectivity index (χ0v) is 8.49. The molecule has 1 rings (SSSR count). The van der Waals surface area contributed by atoms with E-state index in [1.165, 1.54) is 18.2 Å². The molecule has 0 aliphatic carbocycles. The second kappa shape index (κ2) is 4.26. The molecule has 0 atom stereocenters. The first-order valence-corrected chi connectivity index (χ1v) is 5.04. The molecule has 0 saturated heterocycles. The minimum atomic E-state index is -4.33. The van der Waals surface area contributed by atoms with E-state index < -0.39 is 15.0 Å². The highest BCUT2D eigenvalue weighted by Crippen LogP contribution is 2.28. The first-order chi connectivity index (χ1) is 5.43. The van der Waals surface area contributed by atoms with Gasteiger partial charge in [-0.15, -0.1) is 0 Å². The van der Waals surface area contributed by atoms with E-state index in [1.54, 1.807) is 0 Å². The highest BCUT2D eigenvalue weighted by Gasteiger charge is 2.17. The SMILES string of the molecule is O.O=S(=O)(O)c1c(Cl)cccc1Cl. The van der Waals surface area contributed by atoms with Gasteiger partial charge < -0.3 is 5.48 Å². The summed E-state index contributed by atoms with van der Waals surface area (Å²) in [7, 11) is -4.33. The lowest BCUT2D eigenvalue weighted by Crippen LogP contribution is -1.99. The third-order valence-electron chi connectivity index (χ3n) is 1.18. The summed E-state index contributed by atoms with van der Waals surface area (Å²) in [5.74, 6) is 0. The van der Waals surface area contributed by atoms with Crippen molar-refractivity contribution in [1.29, 1.82) is 0 Å². The fourth-order valence-electron chi connectivity index (χ4n) is 0.729. The van der Waals surface area contributed by atoms with Gasteiger partial charge >= 0.3 is 0 Å². The van der Waals surface area contributed by atoms with Crippen molar-refractivity contribution in [2.24, 2.45) is 0 Å². The smallest absolute Gasteiger partial charge is 0.297 e. The van der Waals surface area contributed by atoms with Gasteiger partial charge in [0, 0.05) is 0 Å². The maximum absolute atomic E-state index is 10.7. The molecule has 0 saturated carbocycles. The van der Waals surface area contributed by atoms with Gasteiger partial charge in [-0.25, -0.2) is 0 Å². The molecule has 13 heavy (non-hydrogen) atoms. The molecule has 0 unspecified atom stereocenters. The summed E-state index contributed by atoms with van der Waals surface area (Å²) in [6, 6.07) is 4.15. The van der Waals surface area contributed by atoms with Crippen LogP contribution >= 0.6 is 23.2 Å². The molecule has 0 amide bonds. The summed E-state index contributed by atoms with van der Waals surface area (Å²) in [6.45, 7) is 0. The van der Waals surface area contributed by atoms with Crippen LogP contribution in [0.4, 0.5) is 0 Å². The Hall–Kier alpha value is -0.330. The first-order valence-electron chi connectivity index (χ1n) is 2.84. The van der Waals surface area contributed by atoms with Crippen LogP contribution < -0.4 is 0 Å². The quantitative estimate of drug-likeness (QED) is 0.759. The molecule has 0 heterocycles. The molecule has 1 aromatic rings. The van der Waals surface area contributed by atoms with Gasteiger partial charge in [-0.05, 0) is 12.1 Å². The average molecular weight is 245 g/mol. The zero-order valence-electron chi connectivity index (χ0n) is 6.16. The van der Waals surface area contributed by atoms with Crippen LogP contribution in [0.1, 0.15) is 0 Å². The molecule has 74 valence electrons. The fraction of sp³-hybridized carbons (Fsp3) is 0. The van der Waals surface area contributed by atoms with Gasteiger partial charge in [-0.3, -0.25) is 4.55 Å². The number of rotatable bonds is 1. The second-order valence-electron chi connectivity index (χ2n) is 2.03. The lowest BCUT2D eigenvalue weighted by Gasteiger charge is -2.01. The van der Waals surface area contributed by atoms with E-state index in [1.807, 2.05) is 0 Å². The number of hydrogen-bond acceptors (Lipinski definition) is 2. The number of hydrogen-bond donors (Lipinski definition) is 1. The molecule has 4 nitrogen and oxygen atoms in total. The normalized spacial score (nSPS) is 10.7. The van der Waals surface area contributed by atoms with Crippen molar-refractivity contribution in [3.63, 3.8) is 0 Å². The van der Waals surface area contributed by atoms with Crippen LogP contribution in [0.25, 0.3) is 0 Å². The maximum Gasteiger partial charge on any atom is 0.297 e. The standard InChI is InChI=1S/C6H4Cl2O3S.H2O/c7-4-2-1-3-5(8)6(4)12(9,10)11;/h1-3H,(H,9,10,11);1H2. The molecule has 1 aromatic carbocycles. The van der Waals surface area contributed by atoms with Crippen molar-refractivity contribution >= 4 is 33.3 Å². The summed E-state index contributed by atoms with van der Waals surface area (Å²) in [4.78, 5) is -0.451. The minimum Gasteiger partial charge on any atom is -0.412 e. The van der Waals surface area contributed by atoms with Crippen LogP contribution in [-0.2, 0) is 10.1 Å². The van der Waals surface area contributed by atoms with Gasteiger partial charge in [0.1, 0.15) is 4.90 Å². The van der Waals surface area contributed by atoms with Crippen LogP contribution in [-0.4, -0.2) is 18.4 Å². The third-order valence-corrected chi connectivity index (χ3v) is 2.99. The van der Waals surface area contributed by atoms with E-state index in [4.69, 9.17) is 27.8 Å². The predicted octanol–water partition coefficient (Wildman–Crippen LogP) is 1.42. The third kappa shape index (κ3) is 2.82. The Morgan fingerprint density at radius 3 is 1.77 bits per heavy atom. The first kappa shape index (κ1) is 12.7. The predicted molar refractivity (Wildman–Crippen MR) is 49.9 cm³/mol.